The van der Waals surface area contributed by atoms with Crippen molar-refractivity contribution in [3.05, 3.63) is 92.8 Å². The number of benzene rings is 3. The quantitative estimate of drug-likeness (QED) is 0.403. The number of anilines is 1. The average molecular weight is 458 g/mol. The van der Waals surface area contributed by atoms with Crippen LogP contribution >= 0.6 is 23.2 Å². The highest BCUT2D eigenvalue weighted by molar-refractivity contribution is 6.33. The van der Waals surface area contributed by atoms with Gasteiger partial charge < -0.3 is 14.5 Å². The number of carbonyl (C=O) groups is 1. The topological polar surface area (TPSA) is 68.5 Å². The molecular weight excluding hydrogens is 444 g/mol. The molecule has 0 saturated heterocycles. The van der Waals surface area contributed by atoms with E-state index in [1.165, 1.54) is 24.3 Å². The Morgan fingerprint density at radius 2 is 1.77 bits per heavy atom. The van der Waals surface area contributed by atoms with E-state index < -0.39 is 23.8 Å². The van der Waals surface area contributed by atoms with Crippen molar-refractivity contribution < 1.29 is 18.3 Å². The number of fused-ring (bicyclic) bond motifs is 1. The van der Waals surface area contributed by atoms with Crippen LogP contribution in [-0.4, -0.2) is 12.5 Å². The van der Waals surface area contributed by atoms with Gasteiger partial charge in [0.15, 0.2) is 12.4 Å². The SMILES string of the molecule is O=C(COc1c(-c2ccccc2Cl)oc2ccc(Cl)cc2c1=O)Nc1ccccc1F. The third kappa shape index (κ3) is 4.40. The van der Waals surface area contributed by atoms with Crippen LogP contribution in [0.15, 0.2) is 75.9 Å². The van der Waals surface area contributed by atoms with E-state index >= 15 is 0 Å². The molecule has 1 aromatic heterocycles. The highest BCUT2D eigenvalue weighted by Crippen LogP contribution is 2.35. The van der Waals surface area contributed by atoms with Crippen molar-refractivity contribution in [3.8, 4) is 17.1 Å². The molecule has 0 radical (unpaired) electrons. The molecule has 1 heterocycles. The van der Waals surface area contributed by atoms with Crippen LogP contribution in [0.5, 0.6) is 5.75 Å². The summed E-state index contributed by atoms with van der Waals surface area (Å²) < 4.78 is 25.2. The van der Waals surface area contributed by atoms with Crippen LogP contribution in [0, 0.1) is 5.82 Å². The Hall–Kier alpha value is -3.35. The van der Waals surface area contributed by atoms with Gasteiger partial charge in [-0.05, 0) is 42.5 Å². The Kier molecular flexibility index (Phi) is 5.93. The van der Waals surface area contributed by atoms with Gasteiger partial charge in [0.1, 0.15) is 11.4 Å². The van der Waals surface area contributed by atoms with E-state index in [1.807, 2.05) is 0 Å². The lowest BCUT2D eigenvalue weighted by Gasteiger charge is -2.13. The van der Waals surface area contributed by atoms with Gasteiger partial charge in [-0.3, -0.25) is 9.59 Å². The van der Waals surface area contributed by atoms with E-state index in [0.29, 0.717) is 15.6 Å². The van der Waals surface area contributed by atoms with Crippen LogP contribution in [0.1, 0.15) is 0 Å². The molecule has 31 heavy (non-hydrogen) atoms. The molecule has 0 atom stereocenters. The number of carbonyl (C=O) groups excluding carboxylic acids is 1. The standard InChI is InChI=1S/C23H14Cl2FNO4/c24-13-9-10-19-15(11-13)21(29)23(22(31-19)14-5-1-2-6-16(14)25)30-12-20(28)27-18-8-4-3-7-17(18)26/h1-11H,12H2,(H,27,28). The van der Waals surface area contributed by atoms with Crippen LogP contribution in [0.3, 0.4) is 0 Å². The summed E-state index contributed by atoms with van der Waals surface area (Å²) in [7, 11) is 0. The number of rotatable bonds is 5. The lowest BCUT2D eigenvalue weighted by molar-refractivity contribution is -0.118. The molecule has 0 spiro atoms. The molecule has 3 aromatic carbocycles. The Bertz CT molecular complexity index is 1350. The second-order valence-corrected chi connectivity index (χ2v) is 7.37. The monoisotopic (exact) mass is 457 g/mol. The van der Waals surface area contributed by atoms with Gasteiger partial charge in [0.05, 0.1) is 16.1 Å². The van der Waals surface area contributed by atoms with Crippen molar-refractivity contribution in [3.63, 3.8) is 0 Å². The minimum Gasteiger partial charge on any atom is -0.476 e. The van der Waals surface area contributed by atoms with Gasteiger partial charge in [0, 0.05) is 10.6 Å². The number of halogens is 3. The molecular formula is C23H14Cl2FNO4. The van der Waals surface area contributed by atoms with E-state index in [-0.39, 0.29) is 28.2 Å². The first-order chi connectivity index (χ1) is 14.9. The summed E-state index contributed by atoms with van der Waals surface area (Å²) in [6.45, 7) is -0.553. The zero-order chi connectivity index (χ0) is 22.0. The normalized spacial score (nSPS) is 10.8. The van der Waals surface area contributed by atoms with Crippen LogP contribution in [0.2, 0.25) is 10.0 Å². The molecule has 1 amide bonds. The van der Waals surface area contributed by atoms with Gasteiger partial charge in [-0.15, -0.1) is 0 Å². The van der Waals surface area contributed by atoms with Gasteiger partial charge in [0.25, 0.3) is 5.91 Å². The maximum Gasteiger partial charge on any atom is 0.262 e. The molecule has 4 aromatic rings. The molecule has 0 aliphatic rings. The molecule has 0 saturated carbocycles. The first kappa shape index (κ1) is 20.9. The van der Waals surface area contributed by atoms with E-state index in [9.17, 15) is 14.0 Å². The van der Waals surface area contributed by atoms with E-state index in [2.05, 4.69) is 5.32 Å². The Labute approximate surface area is 186 Å². The van der Waals surface area contributed by atoms with Crippen molar-refractivity contribution in [2.45, 2.75) is 0 Å². The highest BCUT2D eigenvalue weighted by Gasteiger charge is 2.21. The summed E-state index contributed by atoms with van der Waals surface area (Å²) in [5.74, 6) is -1.37. The third-order valence-corrected chi connectivity index (χ3v) is 4.99. The number of hydrogen-bond donors (Lipinski definition) is 1. The molecule has 1 N–H and O–H groups in total. The summed E-state index contributed by atoms with van der Waals surface area (Å²) >= 11 is 12.3. The summed E-state index contributed by atoms with van der Waals surface area (Å²) in [6.07, 6.45) is 0. The van der Waals surface area contributed by atoms with Gasteiger partial charge in [-0.1, -0.05) is 47.5 Å². The molecule has 5 nitrogen and oxygen atoms in total. The molecule has 156 valence electrons. The first-order valence-electron chi connectivity index (χ1n) is 9.12. The zero-order valence-electron chi connectivity index (χ0n) is 15.8. The number of nitrogens with one attached hydrogen (secondary N) is 1. The summed E-state index contributed by atoms with van der Waals surface area (Å²) in [5, 5.41) is 3.26. The first-order valence-corrected chi connectivity index (χ1v) is 9.88. The lowest BCUT2D eigenvalue weighted by atomic mass is 10.1. The molecule has 8 heteroatoms. The van der Waals surface area contributed by atoms with Crippen LogP contribution in [-0.2, 0) is 4.79 Å². The van der Waals surface area contributed by atoms with Gasteiger partial charge in [0.2, 0.25) is 11.2 Å². The Balaban J connectivity index is 1.73. The maximum absolute atomic E-state index is 13.8. The maximum atomic E-state index is 13.8. The molecule has 0 aliphatic heterocycles. The largest absolute Gasteiger partial charge is 0.476 e. The fourth-order valence-corrected chi connectivity index (χ4v) is 3.38. The molecule has 0 unspecified atom stereocenters. The minimum absolute atomic E-state index is 0.000227. The number of hydrogen-bond acceptors (Lipinski definition) is 4. The van der Waals surface area contributed by atoms with E-state index in [1.54, 1.807) is 42.5 Å². The summed E-state index contributed by atoms with van der Waals surface area (Å²) in [6, 6.07) is 17.1. The van der Waals surface area contributed by atoms with Crippen LogP contribution in [0.4, 0.5) is 10.1 Å². The lowest BCUT2D eigenvalue weighted by Crippen LogP contribution is -2.23. The van der Waals surface area contributed by atoms with Crippen LogP contribution < -0.4 is 15.5 Å². The van der Waals surface area contributed by atoms with Crippen molar-refractivity contribution in [2.24, 2.45) is 0 Å². The minimum atomic E-state index is -0.652. The van der Waals surface area contributed by atoms with Gasteiger partial charge >= 0.3 is 0 Å². The fourth-order valence-electron chi connectivity index (χ4n) is 2.99. The highest BCUT2D eigenvalue weighted by atomic mass is 35.5. The van der Waals surface area contributed by atoms with Crippen molar-refractivity contribution >= 4 is 45.8 Å². The smallest absolute Gasteiger partial charge is 0.262 e. The molecule has 0 bridgehead atoms. The number of ether oxygens (including phenoxy) is 1. The fraction of sp³-hybridized carbons (Fsp3) is 0.0435. The summed E-state index contributed by atoms with van der Waals surface area (Å²) in [4.78, 5) is 25.4. The van der Waals surface area contributed by atoms with Crippen LogP contribution in [0.25, 0.3) is 22.3 Å². The Morgan fingerprint density at radius 3 is 2.55 bits per heavy atom. The van der Waals surface area contributed by atoms with Crippen molar-refractivity contribution in [2.75, 3.05) is 11.9 Å². The second kappa shape index (κ2) is 8.79. The second-order valence-electron chi connectivity index (χ2n) is 6.53. The number of para-hydroxylation sites is 1. The van der Waals surface area contributed by atoms with E-state index in [0.717, 1.165) is 0 Å². The summed E-state index contributed by atoms with van der Waals surface area (Å²) in [5.41, 5.74) is 0.187. The van der Waals surface area contributed by atoms with Gasteiger partial charge in [-0.2, -0.15) is 0 Å². The molecule has 4 rings (SSSR count). The third-order valence-electron chi connectivity index (χ3n) is 4.42. The molecule has 0 aliphatic carbocycles. The van der Waals surface area contributed by atoms with Crippen molar-refractivity contribution in [1.29, 1.82) is 0 Å². The predicted molar refractivity (Wildman–Crippen MR) is 118 cm³/mol. The average Bonchev–Trinajstić information content (AvgIpc) is 2.75. The Morgan fingerprint density at radius 1 is 1.03 bits per heavy atom. The predicted octanol–water partition coefficient (Wildman–Crippen LogP) is 5.92. The van der Waals surface area contributed by atoms with Gasteiger partial charge in [-0.25, -0.2) is 4.39 Å². The number of amides is 1. The van der Waals surface area contributed by atoms with E-state index in [4.69, 9.17) is 32.4 Å². The molecule has 0 fully saturated rings. The zero-order valence-corrected chi connectivity index (χ0v) is 17.3. The van der Waals surface area contributed by atoms with Crippen molar-refractivity contribution in [1.82, 2.24) is 0 Å².